The van der Waals surface area contributed by atoms with Crippen LogP contribution in [0, 0.1) is 12.3 Å². The molecule has 0 aliphatic rings. The Morgan fingerprint density at radius 3 is 2.81 bits per heavy atom. The van der Waals surface area contributed by atoms with E-state index < -0.39 is 9.84 Å². The van der Waals surface area contributed by atoms with Crippen LogP contribution in [0.25, 0.3) is 0 Å². The predicted molar refractivity (Wildman–Crippen MR) is 111 cm³/mol. The van der Waals surface area contributed by atoms with Gasteiger partial charge in [0.1, 0.15) is 16.6 Å². The number of aromatic nitrogens is 1. The molecule has 26 heavy (non-hydrogen) atoms. The standard InChI is InChI=1S/C17H18ClN3O2S3/c1-2-7-19-16(20-8-10-24-12-17-21-9-11-25-17)13-26(22,23)15-5-3-14(18)4-6-15/h1,3-6,9,11H,7-8,10,12-13H2,(H,19,20). The second-order valence-corrected chi connectivity index (χ2v) is 9.59. The normalized spacial score (nSPS) is 11.9. The SMILES string of the molecule is C#CCNC(CS(=O)(=O)c1ccc(Cl)cc1)=NCCSCc1nccs1. The lowest BCUT2D eigenvalue weighted by atomic mass is 10.4. The maximum absolute atomic E-state index is 12.5. The van der Waals surface area contributed by atoms with Crippen molar-refractivity contribution in [2.45, 2.75) is 10.6 Å². The average Bonchev–Trinajstić information content (AvgIpc) is 3.12. The van der Waals surface area contributed by atoms with Gasteiger partial charge < -0.3 is 5.32 Å². The van der Waals surface area contributed by atoms with Crippen molar-refractivity contribution in [2.75, 3.05) is 24.6 Å². The monoisotopic (exact) mass is 427 g/mol. The molecule has 1 aromatic heterocycles. The fourth-order valence-corrected chi connectivity index (χ4v) is 4.87. The Balaban J connectivity index is 1.94. The molecule has 0 atom stereocenters. The van der Waals surface area contributed by atoms with Gasteiger partial charge in [-0.2, -0.15) is 11.8 Å². The van der Waals surface area contributed by atoms with Crippen molar-refractivity contribution >= 4 is 50.4 Å². The Morgan fingerprint density at radius 1 is 1.38 bits per heavy atom. The Labute approximate surface area is 167 Å². The van der Waals surface area contributed by atoms with Gasteiger partial charge in [-0.25, -0.2) is 13.4 Å². The maximum atomic E-state index is 12.5. The van der Waals surface area contributed by atoms with Crippen LogP contribution in [0.5, 0.6) is 0 Å². The van der Waals surface area contributed by atoms with Gasteiger partial charge in [-0.05, 0) is 24.3 Å². The van der Waals surface area contributed by atoms with Gasteiger partial charge >= 0.3 is 0 Å². The minimum absolute atomic E-state index is 0.204. The van der Waals surface area contributed by atoms with E-state index in [9.17, 15) is 8.42 Å². The molecule has 2 rings (SSSR count). The minimum Gasteiger partial charge on any atom is -0.362 e. The second-order valence-electron chi connectivity index (χ2n) is 5.08. The number of rotatable bonds is 9. The third-order valence-electron chi connectivity index (χ3n) is 3.14. The molecule has 0 aliphatic heterocycles. The summed E-state index contributed by atoms with van der Waals surface area (Å²) in [4.78, 5) is 8.80. The van der Waals surface area contributed by atoms with Gasteiger partial charge in [-0.1, -0.05) is 17.5 Å². The largest absolute Gasteiger partial charge is 0.362 e. The molecule has 2 aromatic rings. The van der Waals surface area contributed by atoms with Crippen molar-refractivity contribution in [1.82, 2.24) is 10.3 Å². The summed E-state index contributed by atoms with van der Waals surface area (Å²) in [5, 5.41) is 6.39. The Hall–Kier alpha value is -1.53. The van der Waals surface area contributed by atoms with Gasteiger partial charge in [0, 0.05) is 28.1 Å². The molecule has 0 saturated heterocycles. The van der Waals surface area contributed by atoms with Crippen molar-refractivity contribution < 1.29 is 8.42 Å². The van der Waals surface area contributed by atoms with Gasteiger partial charge in [0.05, 0.1) is 18.0 Å². The van der Waals surface area contributed by atoms with E-state index in [4.69, 9.17) is 18.0 Å². The van der Waals surface area contributed by atoms with Gasteiger partial charge in [0.2, 0.25) is 0 Å². The molecular formula is C17H18ClN3O2S3. The highest BCUT2D eigenvalue weighted by Gasteiger charge is 2.17. The zero-order valence-corrected chi connectivity index (χ0v) is 17.1. The molecule has 0 amide bonds. The number of sulfone groups is 1. The van der Waals surface area contributed by atoms with Crippen LogP contribution in [0.4, 0.5) is 0 Å². The number of nitrogens with one attached hydrogen (secondary N) is 1. The van der Waals surface area contributed by atoms with E-state index in [-0.39, 0.29) is 17.2 Å². The smallest absolute Gasteiger partial charge is 0.185 e. The number of thioether (sulfide) groups is 1. The molecule has 1 heterocycles. The van der Waals surface area contributed by atoms with Crippen LogP contribution < -0.4 is 5.32 Å². The van der Waals surface area contributed by atoms with E-state index in [0.717, 1.165) is 16.5 Å². The predicted octanol–water partition coefficient (Wildman–Crippen LogP) is 3.12. The summed E-state index contributed by atoms with van der Waals surface area (Å²) in [5.41, 5.74) is 0. The van der Waals surface area contributed by atoms with Gasteiger partial charge in [0.25, 0.3) is 0 Å². The van der Waals surface area contributed by atoms with Crippen LogP contribution in [-0.4, -0.2) is 43.8 Å². The third kappa shape index (κ3) is 7.00. The molecule has 0 fully saturated rings. The molecule has 1 aromatic carbocycles. The van der Waals surface area contributed by atoms with Crippen molar-refractivity contribution in [3.05, 3.63) is 45.9 Å². The lowest BCUT2D eigenvalue weighted by molar-refractivity contribution is 0.599. The minimum atomic E-state index is -3.52. The van der Waals surface area contributed by atoms with Gasteiger partial charge in [0.15, 0.2) is 9.84 Å². The lowest BCUT2D eigenvalue weighted by Crippen LogP contribution is -2.31. The molecule has 1 N–H and O–H groups in total. The van der Waals surface area contributed by atoms with Crippen molar-refractivity contribution in [3.8, 4) is 12.3 Å². The summed E-state index contributed by atoms with van der Waals surface area (Å²) in [6, 6.07) is 6.07. The molecule has 0 spiro atoms. The van der Waals surface area contributed by atoms with Crippen molar-refractivity contribution in [1.29, 1.82) is 0 Å². The Kier molecular flexibility index (Phi) is 8.45. The van der Waals surface area contributed by atoms with E-state index >= 15 is 0 Å². The quantitative estimate of drug-likeness (QED) is 0.288. The number of amidine groups is 1. The number of nitrogens with zero attached hydrogens (tertiary/aromatic N) is 2. The highest BCUT2D eigenvalue weighted by Crippen LogP contribution is 2.16. The first-order valence-electron chi connectivity index (χ1n) is 7.66. The van der Waals surface area contributed by atoms with Crippen LogP contribution in [0.15, 0.2) is 45.7 Å². The first kappa shape index (κ1) is 20.8. The highest BCUT2D eigenvalue weighted by atomic mass is 35.5. The van der Waals surface area contributed by atoms with Crippen LogP contribution in [-0.2, 0) is 15.6 Å². The highest BCUT2D eigenvalue weighted by molar-refractivity contribution is 7.98. The number of hydrogen-bond donors (Lipinski definition) is 1. The molecular weight excluding hydrogens is 410 g/mol. The van der Waals surface area contributed by atoms with Crippen LogP contribution >= 0.6 is 34.7 Å². The number of thiazole rings is 1. The summed E-state index contributed by atoms with van der Waals surface area (Å²) in [6.07, 6.45) is 7.04. The fourth-order valence-electron chi connectivity index (χ4n) is 1.94. The average molecular weight is 428 g/mol. The summed E-state index contributed by atoms with van der Waals surface area (Å²) in [6.45, 7) is 0.723. The molecule has 0 bridgehead atoms. The molecule has 0 aliphatic carbocycles. The summed E-state index contributed by atoms with van der Waals surface area (Å²) >= 11 is 9.13. The van der Waals surface area contributed by atoms with E-state index in [1.807, 2.05) is 5.38 Å². The zero-order chi connectivity index (χ0) is 18.8. The molecule has 0 saturated carbocycles. The van der Waals surface area contributed by atoms with Crippen molar-refractivity contribution in [2.24, 2.45) is 4.99 Å². The third-order valence-corrected chi connectivity index (χ3v) is 6.95. The van der Waals surface area contributed by atoms with Gasteiger partial charge in [-0.15, -0.1) is 17.8 Å². The number of terminal acetylenes is 1. The lowest BCUT2D eigenvalue weighted by Gasteiger charge is -2.09. The maximum Gasteiger partial charge on any atom is 0.185 e. The van der Waals surface area contributed by atoms with Crippen LogP contribution in [0.2, 0.25) is 5.02 Å². The first-order valence-corrected chi connectivity index (χ1v) is 11.7. The molecule has 5 nitrogen and oxygen atoms in total. The number of benzene rings is 1. The van der Waals surface area contributed by atoms with E-state index in [2.05, 4.69) is 21.2 Å². The second kappa shape index (κ2) is 10.6. The summed E-state index contributed by atoms with van der Waals surface area (Å²) in [7, 11) is -3.52. The Bertz CT molecular complexity index is 858. The fraction of sp³-hybridized carbons (Fsp3) is 0.294. The molecule has 0 unspecified atom stereocenters. The molecule has 9 heteroatoms. The van der Waals surface area contributed by atoms with E-state index in [1.54, 1.807) is 41.4 Å². The summed E-state index contributed by atoms with van der Waals surface area (Å²) < 4.78 is 25.1. The zero-order valence-electron chi connectivity index (χ0n) is 13.9. The number of hydrogen-bond acceptors (Lipinski definition) is 6. The number of halogens is 1. The van der Waals surface area contributed by atoms with Crippen LogP contribution in [0.1, 0.15) is 5.01 Å². The Morgan fingerprint density at radius 2 is 2.15 bits per heavy atom. The van der Waals surface area contributed by atoms with E-state index in [0.29, 0.717) is 17.4 Å². The van der Waals surface area contributed by atoms with Gasteiger partial charge in [-0.3, -0.25) is 4.99 Å². The van der Waals surface area contributed by atoms with Crippen molar-refractivity contribution in [3.63, 3.8) is 0 Å². The number of aliphatic imine (C=N–C) groups is 1. The van der Waals surface area contributed by atoms with Crippen LogP contribution in [0.3, 0.4) is 0 Å². The van der Waals surface area contributed by atoms with E-state index in [1.165, 1.54) is 12.1 Å². The summed E-state index contributed by atoms with van der Waals surface area (Å²) in [5.74, 6) is 4.16. The topological polar surface area (TPSA) is 71.4 Å². The molecule has 138 valence electrons. The first-order chi connectivity index (χ1) is 12.5. The molecule has 0 radical (unpaired) electrons.